The summed E-state index contributed by atoms with van der Waals surface area (Å²) in [5, 5.41) is 5.70. The van der Waals surface area contributed by atoms with E-state index in [9.17, 15) is 14.4 Å². The van der Waals surface area contributed by atoms with Crippen LogP contribution in [0.5, 0.6) is 0 Å². The summed E-state index contributed by atoms with van der Waals surface area (Å²) in [6.45, 7) is 5.76. The molecule has 1 heterocycles. The second-order valence-corrected chi connectivity index (χ2v) is 8.03. The van der Waals surface area contributed by atoms with Gasteiger partial charge in [0.1, 0.15) is 6.04 Å². The van der Waals surface area contributed by atoms with Gasteiger partial charge in [0.2, 0.25) is 11.8 Å². The fourth-order valence-electron chi connectivity index (χ4n) is 3.34. The van der Waals surface area contributed by atoms with Crippen molar-refractivity contribution in [3.8, 4) is 0 Å². The summed E-state index contributed by atoms with van der Waals surface area (Å²) in [5.41, 5.74) is 1.81. The molecule has 0 aliphatic heterocycles. The van der Waals surface area contributed by atoms with Gasteiger partial charge in [-0.25, -0.2) is 4.98 Å². The number of rotatable bonds is 9. The molecule has 2 aromatic carbocycles. The summed E-state index contributed by atoms with van der Waals surface area (Å²) in [6, 6.07) is 15.3. The number of nitrogens with one attached hydrogen (secondary N) is 2. The third kappa shape index (κ3) is 5.91. The first-order chi connectivity index (χ1) is 15.3. The molecule has 2 amide bonds. The first-order valence-corrected chi connectivity index (χ1v) is 10.6. The lowest BCUT2D eigenvalue weighted by Gasteiger charge is -2.22. The van der Waals surface area contributed by atoms with Gasteiger partial charge < -0.3 is 15.2 Å². The highest BCUT2D eigenvalue weighted by atomic mass is 16.2. The van der Waals surface area contributed by atoms with E-state index in [4.69, 9.17) is 0 Å². The van der Waals surface area contributed by atoms with Gasteiger partial charge in [-0.2, -0.15) is 0 Å². The van der Waals surface area contributed by atoms with E-state index in [-0.39, 0.29) is 30.2 Å². The van der Waals surface area contributed by atoms with E-state index in [2.05, 4.69) is 15.6 Å². The van der Waals surface area contributed by atoms with Crippen LogP contribution in [0, 0.1) is 0 Å². The number of ketones is 1. The molecule has 7 heteroatoms. The number of amides is 2. The molecule has 2 atom stereocenters. The molecule has 0 bridgehead atoms. The molecule has 166 valence electrons. The van der Waals surface area contributed by atoms with Crippen LogP contribution < -0.4 is 10.6 Å². The molecular formula is C25H28N4O3. The van der Waals surface area contributed by atoms with E-state index < -0.39 is 12.0 Å². The van der Waals surface area contributed by atoms with Gasteiger partial charge in [0, 0.05) is 29.6 Å². The lowest BCUT2D eigenvalue weighted by molar-refractivity contribution is -0.130. The monoisotopic (exact) mass is 432 g/mol. The Morgan fingerprint density at radius 1 is 0.906 bits per heavy atom. The van der Waals surface area contributed by atoms with Crippen molar-refractivity contribution in [1.82, 2.24) is 20.2 Å². The van der Waals surface area contributed by atoms with Crippen molar-refractivity contribution < 1.29 is 14.4 Å². The standard InChI is InChI=1S/C25H28N4O3/c1-17(2)27-25(32)22(15-29-13-12-26-16-29)28-24(31)18(3)20-10-7-11-21(14-20)23(30)19-8-5-4-6-9-19/h4-14,16-18,22H,15H2,1-3H3,(H,27,32)(H,28,31)/t18-,22+/m0/s1. The molecule has 1 aromatic heterocycles. The van der Waals surface area contributed by atoms with Gasteiger partial charge in [-0.3, -0.25) is 14.4 Å². The molecule has 3 aromatic rings. The number of nitrogens with zero attached hydrogens (tertiary/aromatic N) is 2. The average Bonchev–Trinajstić information content (AvgIpc) is 3.31. The Morgan fingerprint density at radius 2 is 1.62 bits per heavy atom. The van der Waals surface area contributed by atoms with E-state index in [1.165, 1.54) is 0 Å². The molecule has 0 aliphatic carbocycles. The summed E-state index contributed by atoms with van der Waals surface area (Å²) in [4.78, 5) is 42.5. The Balaban J connectivity index is 1.75. The number of benzene rings is 2. The zero-order valence-corrected chi connectivity index (χ0v) is 18.5. The van der Waals surface area contributed by atoms with Crippen LogP contribution in [0.1, 0.15) is 48.2 Å². The Bertz CT molecular complexity index is 1060. The predicted octanol–water partition coefficient (Wildman–Crippen LogP) is 2.93. The van der Waals surface area contributed by atoms with Crippen LogP contribution in [0.3, 0.4) is 0 Å². The number of hydrogen-bond acceptors (Lipinski definition) is 4. The zero-order valence-electron chi connectivity index (χ0n) is 18.5. The van der Waals surface area contributed by atoms with Crippen molar-refractivity contribution in [3.05, 3.63) is 90.0 Å². The molecule has 32 heavy (non-hydrogen) atoms. The second-order valence-electron chi connectivity index (χ2n) is 8.03. The van der Waals surface area contributed by atoms with Crippen molar-refractivity contribution in [2.45, 2.75) is 45.3 Å². The van der Waals surface area contributed by atoms with Crippen molar-refractivity contribution >= 4 is 17.6 Å². The topological polar surface area (TPSA) is 93.1 Å². The summed E-state index contributed by atoms with van der Waals surface area (Å²) in [7, 11) is 0. The highest BCUT2D eigenvalue weighted by Gasteiger charge is 2.25. The quantitative estimate of drug-likeness (QED) is 0.509. The number of hydrogen-bond donors (Lipinski definition) is 2. The fourth-order valence-corrected chi connectivity index (χ4v) is 3.34. The second kappa shape index (κ2) is 10.5. The van der Waals surface area contributed by atoms with E-state index in [0.29, 0.717) is 16.7 Å². The Labute approximate surface area is 187 Å². The van der Waals surface area contributed by atoms with Crippen molar-refractivity contribution in [2.24, 2.45) is 0 Å². The van der Waals surface area contributed by atoms with Crippen LogP contribution >= 0.6 is 0 Å². The van der Waals surface area contributed by atoms with Gasteiger partial charge in [0.05, 0.1) is 18.8 Å². The van der Waals surface area contributed by atoms with Crippen LogP contribution in [-0.2, 0) is 16.1 Å². The lowest BCUT2D eigenvalue weighted by Crippen LogP contribution is -2.51. The highest BCUT2D eigenvalue weighted by molar-refractivity contribution is 6.09. The van der Waals surface area contributed by atoms with Gasteiger partial charge in [0.15, 0.2) is 5.78 Å². The van der Waals surface area contributed by atoms with E-state index >= 15 is 0 Å². The molecule has 2 N–H and O–H groups in total. The molecule has 0 fully saturated rings. The molecule has 0 unspecified atom stereocenters. The SMILES string of the molecule is CC(C)NC(=O)[C@@H](Cn1ccnc1)NC(=O)[C@@H](C)c1cccc(C(=O)c2ccccc2)c1. The molecule has 0 radical (unpaired) electrons. The highest BCUT2D eigenvalue weighted by Crippen LogP contribution is 2.19. The first-order valence-electron chi connectivity index (χ1n) is 10.6. The van der Waals surface area contributed by atoms with Crippen LogP contribution in [0.15, 0.2) is 73.3 Å². The molecule has 0 spiro atoms. The predicted molar refractivity (Wildman–Crippen MR) is 122 cm³/mol. The summed E-state index contributed by atoms with van der Waals surface area (Å²) < 4.78 is 1.74. The summed E-state index contributed by atoms with van der Waals surface area (Å²) in [6.07, 6.45) is 4.96. The smallest absolute Gasteiger partial charge is 0.244 e. The number of carbonyl (C=O) groups is 3. The summed E-state index contributed by atoms with van der Waals surface area (Å²) in [5.74, 6) is -1.20. The summed E-state index contributed by atoms with van der Waals surface area (Å²) >= 11 is 0. The minimum atomic E-state index is -0.754. The van der Waals surface area contributed by atoms with Crippen molar-refractivity contribution in [2.75, 3.05) is 0 Å². The van der Waals surface area contributed by atoms with Gasteiger partial charge in [-0.1, -0.05) is 48.5 Å². The normalized spacial score (nSPS) is 12.8. The van der Waals surface area contributed by atoms with Crippen molar-refractivity contribution in [1.29, 1.82) is 0 Å². The molecule has 7 nitrogen and oxygen atoms in total. The average molecular weight is 433 g/mol. The Hall–Kier alpha value is -3.74. The largest absolute Gasteiger partial charge is 0.352 e. The fraction of sp³-hybridized carbons (Fsp3) is 0.280. The number of carbonyl (C=O) groups excluding carboxylic acids is 3. The maximum Gasteiger partial charge on any atom is 0.244 e. The molecule has 0 saturated carbocycles. The maximum absolute atomic E-state index is 13.0. The first kappa shape index (κ1) is 22.9. The maximum atomic E-state index is 13.0. The third-order valence-corrected chi connectivity index (χ3v) is 5.09. The van der Waals surface area contributed by atoms with E-state index in [1.807, 2.05) is 38.1 Å². The molecule has 0 saturated heterocycles. The lowest BCUT2D eigenvalue weighted by atomic mass is 9.95. The van der Waals surface area contributed by atoms with Crippen molar-refractivity contribution in [3.63, 3.8) is 0 Å². The van der Waals surface area contributed by atoms with Crippen LogP contribution in [0.2, 0.25) is 0 Å². The minimum absolute atomic E-state index is 0.0530. The van der Waals surface area contributed by atoms with Gasteiger partial charge in [0.25, 0.3) is 0 Å². The van der Waals surface area contributed by atoms with Crippen LogP contribution in [-0.4, -0.2) is 39.2 Å². The van der Waals surface area contributed by atoms with Gasteiger partial charge in [-0.05, 0) is 32.4 Å². The van der Waals surface area contributed by atoms with Gasteiger partial charge >= 0.3 is 0 Å². The van der Waals surface area contributed by atoms with Gasteiger partial charge in [-0.15, -0.1) is 0 Å². The molecular weight excluding hydrogens is 404 g/mol. The molecule has 3 rings (SSSR count). The molecule has 0 aliphatic rings. The minimum Gasteiger partial charge on any atom is -0.352 e. The number of imidazole rings is 1. The Morgan fingerprint density at radius 3 is 2.28 bits per heavy atom. The van der Waals surface area contributed by atoms with Crippen LogP contribution in [0.25, 0.3) is 0 Å². The van der Waals surface area contributed by atoms with E-state index in [1.54, 1.807) is 60.5 Å². The number of aromatic nitrogens is 2. The van der Waals surface area contributed by atoms with E-state index in [0.717, 1.165) is 0 Å². The third-order valence-electron chi connectivity index (χ3n) is 5.09. The van der Waals surface area contributed by atoms with Crippen LogP contribution in [0.4, 0.5) is 0 Å². The Kier molecular flexibility index (Phi) is 7.54. The zero-order chi connectivity index (χ0) is 23.1.